The summed E-state index contributed by atoms with van der Waals surface area (Å²) in [7, 11) is 0. The predicted molar refractivity (Wildman–Crippen MR) is 109 cm³/mol. The number of carbonyl (C=O) groups excluding carboxylic acids is 1. The molecule has 0 spiro atoms. The van der Waals surface area contributed by atoms with Gasteiger partial charge in [0.25, 0.3) is 0 Å². The van der Waals surface area contributed by atoms with Crippen molar-refractivity contribution in [3.63, 3.8) is 0 Å². The molecule has 9 nitrogen and oxygen atoms in total. The van der Waals surface area contributed by atoms with Crippen LogP contribution in [0.3, 0.4) is 0 Å². The number of carbonyl (C=O) groups is 1. The quantitative estimate of drug-likeness (QED) is 0.624. The molecule has 1 amide bonds. The molecule has 2 aliphatic heterocycles. The molecule has 0 radical (unpaired) electrons. The van der Waals surface area contributed by atoms with E-state index in [4.69, 9.17) is 4.74 Å². The molecular weight excluding hydrogens is 390 g/mol. The summed E-state index contributed by atoms with van der Waals surface area (Å²) in [6, 6.07) is 2.00. The van der Waals surface area contributed by atoms with Crippen LogP contribution in [0.5, 0.6) is 0 Å². The maximum atomic E-state index is 12.6. The van der Waals surface area contributed by atoms with Crippen LogP contribution in [0, 0.1) is 0 Å². The molecule has 0 aliphatic carbocycles. The molecule has 5 rings (SSSR count). The zero-order valence-electron chi connectivity index (χ0n) is 16.1. The van der Waals surface area contributed by atoms with E-state index in [2.05, 4.69) is 25.2 Å². The topological polar surface area (TPSA) is 89.3 Å². The minimum absolute atomic E-state index is 0.134. The van der Waals surface area contributed by atoms with Crippen molar-refractivity contribution >= 4 is 34.2 Å². The molecule has 10 heteroatoms. The Morgan fingerprint density at radius 2 is 2.14 bits per heavy atom. The lowest BCUT2D eigenvalue weighted by Gasteiger charge is -2.33. The van der Waals surface area contributed by atoms with Gasteiger partial charge in [-0.15, -0.1) is 5.10 Å². The third-order valence-electron chi connectivity index (χ3n) is 5.49. The van der Waals surface area contributed by atoms with Crippen molar-refractivity contribution in [2.45, 2.75) is 31.9 Å². The van der Waals surface area contributed by atoms with Gasteiger partial charge in [0.15, 0.2) is 17.0 Å². The molecule has 2 saturated heterocycles. The predicted octanol–water partition coefficient (Wildman–Crippen LogP) is 1.35. The van der Waals surface area contributed by atoms with Crippen LogP contribution in [-0.4, -0.2) is 74.7 Å². The normalized spacial score (nSPS) is 19.9. The fraction of sp³-hybridized carbons (Fsp3) is 0.526. The molecule has 2 aliphatic rings. The van der Waals surface area contributed by atoms with Gasteiger partial charge in [-0.25, -0.2) is 14.6 Å². The Morgan fingerprint density at radius 1 is 1.24 bits per heavy atom. The van der Waals surface area contributed by atoms with E-state index in [0.29, 0.717) is 38.3 Å². The summed E-state index contributed by atoms with van der Waals surface area (Å²) < 4.78 is 7.68. The van der Waals surface area contributed by atoms with Crippen molar-refractivity contribution in [3.05, 3.63) is 28.7 Å². The van der Waals surface area contributed by atoms with Crippen LogP contribution in [0.25, 0.3) is 11.2 Å². The van der Waals surface area contributed by atoms with Gasteiger partial charge in [0.05, 0.1) is 25.7 Å². The SMILES string of the molecule is O=C(Cc1ccsc1)N1CCOC(Cn2nnc3c(N4CCCC4)ncnc32)C1. The Morgan fingerprint density at radius 3 is 2.97 bits per heavy atom. The highest BCUT2D eigenvalue weighted by Crippen LogP contribution is 2.24. The maximum absolute atomic E-state index is 12.6. The second-order valence-corrected chi connectivity index (χ2v) is 8.26. The Labute approximate surface area is 172 Å². The molecule has 0 saturated carbocycles. The zero-order chi connectivity index (χ0) is 19.6. The van der Waals surface area contributed by atoms with E-state index in [9.17, 15) is 4.79 Å². The van der Waals surface area contributed by atoms with Gasteiger partial charge in [0.1, 0.15) is 6.33 Å². The molecule has 3 aromatic rings. The molecule has 1 unspecified atom stereocenters. The number of morpholine rings is 1. The second-order valence-electron chi connectivity index (χ2n) is 7.48. The minimum Gasteiger partial charge on any atom is -0.373 e. The second kappa shape index (κ2) is 8.03. The van der Waals surface area contributed by atoms with E-state index in [1.165, 1.54) is 12.8 Å². The van der Waals surface area contributed by atoms with Crippen LogP contribution < -0.4 is 4.90 Å². The maximum Gasteiger partial charge on any atom is 0.227 e. The van der Waals surface area contributed by atoms with Crippen molar-refractivity contribution < 1.29 is 9.53 Å². The summed E-state index contributed by atoms with van der Waals surface area (Å²) >= 11 is 1.61. The van der Waals surface area contributed by atoms with Crippen molar-refractivity contribution in [2.75, 3.05) is 37.7 Å². The lowest BCUT2D eigenvalue weighted by atomic mass is 10.2. The van der Waals surface area contributed by atoms with Gasteiger partial charge in [-0.1, -0.05) is 5.21 Å². The van der Waals surface area contributed by atoms with E-state index >= 15 is 0 Å². The van der Waals surface area contributed by atoms with Crippen molar-refractivity contribution in [1.82, 2.24) is 29.9 Å². The molecule has 2 fully saturated rings. The summed E-state index contributed by atoms with van der Waals surface area (Å²) in [6.07, 6.45) is 4.23. The van der Waals surface area contributed by atoms with E-state index in [1.807, 2.05) is 21.7 Å². The Hall–Kier alpha value is -2.59. The lowest BCUT2D eigenvalue weighted by Crippen LogP contribution is -2.47. The van der Waals surface area contributed by atoms with Gasteiger partial charge in [-0.05, 0) is 35.2 Å². The molecule has 1 atom stereocenters. The van der Waals surface area contributed by atoms with Crippen LogP contribution >= 0.6 is 11.3 Å². The summed E-state index contributed by atoms with van der Waals surface area (Å²) in [4.78, 5) is 25.6. The summed E-state index contributed by atoms with van der Waals surface area (Å²) in [6.45, 7) is 4.20. The monoisotopic (exact) mass is 413 g/mol. The number of fused-ring (bicyclic) bond motifs is 1. The molecule has 0 N–H and O–H groups in total. The molecule has 5 heterocycles. The van der Waals surface area contributed by atoms with E-state index in [1.54, 1.807) is 22.3 Å². The molecule has 0 bridgehead atoms. The van der Waals surface area contributed by atoms with Gasteiger partial charge >= 0.3 is 0 Å². The molecule has 152 valence electrons. The van der Waals surface area contributed by atoms with Crippen LogP contribution in [-0.2, 0) is 22.5 Å². The highest BCUT2D eigenvalue weighted by molar-refractivity contribution is 7.08. The van der Waals surface area contributed by atoms with Gasteiger partial charge in [-0.2, -0.15) is 11.3 Å². The van der Waals surface area contributed by atoms with Crippen molar-refractivity contribution in [1.29, 1.82) is 0 Å². The first kappa shape index (κ1) is 18.4. The zero-order valence-corrected chi connectivity index (χ0v) is 16.9. The summed E-state index contributed by atoms with van der Waals surface area (Å²) in [5.41, 5.74) is 2.51. The molecule has 3 aromatic heterocycles. The largest absolute Gasteiger partial charge is 0.373 e. The number of ether oxygens (including phenoxy) is 1. The van der Waals surface area contributed by atoms with E-state index in [-0.39, 0.29) is 12.0 Å². The van der Waals surface area contributed by atoms with Gasteiger partial charge in [0.2, 0.25) is 5.91 Å². The van der Waals surface area contributed by atoms with Crippen molar-refractivity contribution in [3.8, 4) is 0 Å². The fourth-order valence-electron chi connectivity index (χ4n) is 3.99. The Balaban J connectivity index is 1.29. The van der Waals surface area contributed by atoms with E-state index < -0.39 is 0 Å². The van der Waals surface area contributed by atoms with Crippen molar-refractivity contribution in [2.24, 2.45) is 0 Å². The third kappa shape index (κ3) is 3.82. The van der Waals surface area contributed by atoms with Gasteiger partial charge < -0.3 is 14.5 Å². The van der Waals surface area contributed by atoms with Crippen LogP contribution in [0.2, 0.25) is 0 Å². The first-order valence-electron chi connectivity index (χ1n) is 9.97. The molecule has 29 heavy (non-hydrogen) atoms. The highest BCUT2D eigenvalue weighted by atomic mass is 32.1. The standard InChI is InChI=1S/C19H23N7O2S/c27-16(9-14-3-8-29-12-14)25-6-7-28-15(10-25)11-26-19-17(22-23-26)18(20-13-21-19)24-4-1-2-5-24/h3,8,12-13,15H,1-2,4-7,9-11H2. The van der Waals surface area contributed by atoms with E-state index in [0.717, 1.165) is 30.0 Å². The smallest absolute Gasteiger partial charge is 0.227 e. The molecule has 0 aromatic carbocycles. The minimum atomic E-state index is -0.134. The van der Waals surface area contributed by atoms with Crippen LogP contribution in [0.1, 0.15) is 18.4 Å². The lowest BCUT2D eigenvalue weighted by molar-refractivity contribution is -0.138. The first-order chi connectivity index (χ1) is 14.3. The number of hydrogen-bond donors (Lipinski definition) is 0. The Kier molecular flexibility index (Phi) is 5.11. The number of nitrogens with zero attached hydrogens (tertiary/aromatic N) is 7. The van der Waals surface area contributed by atoms with Gasteiger partial charge in [-0.3, -0.25) is 4.79 Å². The number of hydrogen-bond acceptors (Lipinski definition) is 8. The number of amides is 1. The number of aromatic nitrogens is 5. The van der Waals surface area contributed by atoms with Crippen LogP contribution in [0.15, 0.2) is 23.2 Å². The fourth-order valence-corrected chi connectivity index (χ4v) is 4.66. The Bertz CT molecular complexity index is 984. The summed E-state index contributed by atoms with van der Waals surface area (Å²) in [5, 5.41) is 12.7. The summed E-state index contributed by atoms with van der Waals surface area (Å²) in [5.74, 6) is 0.995. The molecular formula is C19H23N7O2S. The van der Waals surface area contributed by atoms with Gasteiger partial charge in [0, 0.05) is 26.2 Å². The number of anilines is 1. The number of thiophene rings is 1. The average Bonchev–Trinajstić information content (AvgIpc) is 3.51. The van der Waals surface area contributed by atoms with Crippen LogP contribution in [0.4, 0.5) is 5.82 Å². The third-order valence-corrected chi connectivity index (χ3v) is 6.22. The average molecular weight is 414 g/mol. The highest BCUT2D eigenvalue weighted by Gasteiger charge is 2.26. The number of rotatable bonds is 5. The first-order valence-corrected chi connectivity index (χ1v) is 10.9.